The summed E-state index contributed by atoms with van der Waals surface area (Å²) in [7, 11) is 0. The molecule has 104 valence electrons. The Labute approximate surface area is 116 Å². The van der Waals surface area contributed by atoms with Crippen LogP contribution in [0.25, 0.3) is 0 Å². The van der Waals surface area contributed by atoms with Gasteiger partial charge in [-0.25, -0.2) is 8.78 Å². The molecule has 0 aromatic heterocycles. The van der Waals surface area contributed by atoms with Crippen molar-refractivity contribution in [2.75, 3.05) is 0 Å². The lowest BCUT2D eigenvalue weighted by molar-refractivity contribution is 0.176. The molecule has 0 saturated heterocycles. The molecule has 1 N–H and O–H groups in total. The number of halogens is 2. The highest BCUT2D eigenvalue weighted by atomic mass is 19.1. The fourth-order valence-electron chi connectivity index (χ4n) is 2.59. The van der Waals surface area contributed by atoms with Crippen molar-refractivity contribution in [2.24, 2.45) is 0 Å². The molecule has 0 radical (unpaired) electrons. The zero-order valence-electron chi connectivity index (χ0n) is 11.0. The SMILES string of the molecule is OC(Cc1ccc(F)cc1F)c1ccccc1C1CC1. The maximum Gasteiger partial charge on any atom is 0.129 e. The second-order valence-electron chi connectivity index (χ2n) is 5.36. The normalized spacial score (nSPS) is 16.1. The van der Waals surface area contributed by atoms with Gasteiger partial charge in [0.25, 0.3) is 0 Å². The van der Waals surface area contributed by atoms with Crippen LogP contribution in [0.15, 0.2) is 42.5 Å². The Morgan fingerprint density at radius 2 is 1.85 bits per heavy atom. The second kappa shape index (κ2) is 5.33. The zero-order chi connectivity index (χ0) is 14.1. The van der Waals surface area contributed by atoms with Crippen molar-refractivity contribution in [1.82, 2.24) is 0 Å². The topological polar surface area (TPSA) is 20.2 Å². The van der Waals surface area contributed by atoms with Crippen LogP contribution in [0, 0.1) is 11.6 Å². The van der Waals surface area contributed by atoms with Crippen molar-refractivity contribution < 1.29 is 13.9 Å². The Morgan fingerprint density at radius 3 is 2.55 bits per heavy atom. The van der Waals surface area contributed by atoms with Crippen LogP contribution in [0.5, 0.6) is 0 Å². The largest absolute Gasteiger partial charge is 0.388 e. The molecule has 0 aliphatic heterocycles. The van der Waals surface area contributed by atoms with Crippen LogP contribution >= 0.6 is 0 Å². The quantitative estimate of drug-likeness (QED) is 0.889. The number of aliphatic hydroxyl groups is 1. The van der Waals surface area contributed by atoms with E-state index in [1.807, 2.05) is 24.3 Å². The maximum absolute atomic E-state index is 13.6. The average molecular weight is 274 g/mol. The van der Waals surface area contributed by atoms with E-state index in [1.165, 1.54) is 12.1 Å². The van der Waals surface area contributed by atoms with Gasteiger partial charge in [0.05, 0.1) is 6.10 Å². The lowest BCUT2D eigenvalue weighted by atomic mass is 9.94. The fraction of sp³-hybridized carbons (Fsp3) is 0.294. The molecular weight excluding hydrogens is 258 g/mol. The van der Waals surface area contributed by atoms with E-state index < -0.39 is 17.7 Å². The van der Waals surface area contributed by atoms with E-state index in [0.717, 1.165) is 30.0 Å². The first-order valence-corrected chi connectivity index (χ1v) is 6.86. The maximum atomic E-state index is 13.6. The predicted octanol–water partition coefficient (Wildman–Crippen LogP) is 4.12. The van der Waals surface area contributed by atoms with Gasteiger partial charge in [-0.05, 0) is 41.5 Å². The van der Waals surface area contributed by atoms with Crippen LogP contribution in [-0.4, -0.2) is 5.11 Å². The molecule has 0 heterocycles. The molecule has 2 aromatic rings. The van der Waals surface area contributed by atoms with E-state index in [9.17, 15) is 13.9 Å². The number of hydrogen-bond donors (Lipinski definition) is 1. The standard InChI is InChI=1S/C17H16F2O/c18-13-8-7-12(16(19)10-13)9-17(20)15-4-2-1-3-14(15)11-5-6-11/h1-4,7-8,10-11,17,20H,5-6,9H2. The summed E-state index contributed by atoms with van der Waals surface area (Å²) < 4.78 is 26.5. The Bertz CT molecular complexity index is 620. The number of hydrogen-bond acceptors (Lipinski definition) is 1. The minimum Gasteiger partial charge on any atom is -0.388 e. The monoisotopic (exact) mass is 274 g/mol. The highest BCUT2D eigenvalue weighted by Gasteiger charge is 2.27. The first-order chi connectivity index (χ1) is 9.65. The van der Waals surface area contributed by atoms with Crippen LogP contribution in [0.4, 0.5) is 8.78 Å². The zero-order valence-corrected chi connectivity index (χ0v) is 11.0. The van der Waals surface area contributed by atoms with E-state index in [4.69, 9.17) is 0 Å². The van der Waals surface area contributed by atoms with Crippen LogP contribution in [0.3, 0.4) is 0 Å². The molecule has 0 bridgehead atoms. The van der Waals surface area contributed by atoms with Gasteiger partial charge in [0, 0.05) is 12.5 Å². The Kier molecular flexibility index (Phi) is 3.53. The van der Waals surface area contributed by atoms with E-state index in [-0.39, 0.29) is 6.42 Å². The summed E-state index contributed by atoms with van der Waals surface area (Å²) in [5, 5.41) is 10.4. The van der Waals surface area contributed by atoms with Gasteiger partial charge in [0.15, 0.2) is 0 Å². The molecular formula is C17H16F2O. The molecule has 1 aliphatic rings. The van der Waals surface area contributed by atoms with E-state index in [2.05, 4.69) is 0 Å². The predicted molar refractivity (Wildman–Crippen MR) is 73.4 cm³/mol. The first kappa shape index (κ1) is 13.3. The molecule has 0 amide bonds. The van der Waals surface area contributed by atoms with Crippen LogP contribution in [0.1, 0.15) is 41.6 Å². The molecule has 0 spiro atoms. The van der Waals surface area contributed by atoms with Gasteiger partial charge in [-0.3, -0.25) is 0 Å². The second-order valence-corrected chi connectivity index (χ2v) is 5.36. The smallest absolute Gasteiger partial charge is 0.129 e. The molecule has 1 unspecified atom stereocenters. The third-order valence-corrected chi connectivity index (χ3v) is 3.80. The highest BCUT2D eigenvalue weighted by molar-refractivity contribution is 5.36. The minimum absolute atomic E-state index is 0.163. The summed E-state index contributed by atoms with van der Waals surface area (Å²) in [4.78, 5) is 0. The number of aliphatic hydroxyl groups excluding tert-OH is 1. The third-order valence-electron chi connectivity index (χ3n) is 3.80. The van der Waals surface area contributed by atoms with Gasteiger partial charge in [0.1, 0.15) is 11.6 Å². The molecule has 3 rings (SSSR count). The fourth-order valence-corrected chi connectivity index (χ4v) is 2.59. The third kappa shape index (κ3) is 2.73. The first-order valence-electron chi connectivity index (χ1n) is 6.86. The van der Waals surface area contributed by atoms with Gasteiger partial charge in [0.2, 0.25) is 0 Å². The van der Waals surface area contributed by atoms with E-state index in [1.54, 1.807) is 0 Å². The molecule has 20 heavy (non-hydrogen) atoms. The summed E-state index contributed by atoms with van der Waals surface area (Å²) >= 11 is 0. The van der Waals surface area contributed by atoms with E-state index in [0.29, 0.717) is 11.5 Å². The van der Waals surface area contributed by atoms with Crippen molar-refractivity contribution in [3.05, 3.63) is 70.8 Å². The molecule has 2 aromatic carbocycles. The average Bonchev–Trinajstić information content (AvgIpc) is 3.26. The van der Waals surface area contributed by atoms with Crippen molar-refractivity contribution in [1.29, 1.82) is 0 Å². The van der Waals surface area contributed by atoms with Crippen molar-refractivity contribution in [2.45, 2.75) is 31.3 Å². The summed E-state index contributed by atoms with van der Waals surface area (Å²) in [6.45, 7) is 0. The lowest BCUT2D eigenvalue weighted by Gasteiger charge is -2.16. The van der Waals surface area contributed by atoms with Crippen molar-refractivity contribution in [3.8, 4) is 0 Å². The molecule has 1 saturated carbocycles. The number of rotatable bonds is 4. The lowest BCUT2D eigenvalue weighted by Crippen LogP contribution is -2.06. The molecule has 1 nitrogen and oxygen atoms in total. The van der Waals surface area contributed by atoms with Gasteiger partial charge < -0.3 is 5.11 Å². The Morgan fingerprint density at radius 1 is 1.10 bits per heavy atom. The van der Waals surface area contributed by atoms with Gasteiger partial charge >= 0.3 is 0 Å². The Balaban J connectivity index is 1.84. The van der Waals surface area contributed by atoms with Crippen molar-refractivity contribution in [3.63, 3.8) is 0 Å². The Hall–Kier alpha value is -1.74. The molecule has 1 atom stereocenters. The molecule has 3 heteroatoms. The van der Waals surface area contributed by atoms with Crippen molar-refractivity contribution >= 4 is 0 Å². The number of benzene rings is 2. The summed E-state index contributed by atoms with van der Waals surface area (Å²) in [5.74, 6) is -0.675. The summed E-state index contributed by atoms with van der Waals surface area (Å²) in [5.41, 5.74) is 2.35. The minimum atomic E-state index is -0.758. The molecule has 1 aliphatic carbocycles. The van der Waals surface area contributed by atoms with E-state index >= 15 is 0 Å². The van der Waals surface area contributed by atoms with Crippen LogP contribution < -0.4 is 0 Å². The van der Waals surface area contributed by atoms with Crippen LogP contribution in [0.2, 0.25) is 0 Å². The van der Waals surface area contributed by atoms with Crippen LogP contribution in [-0.2, 0) is 6.42 Å². The molecule has 1 fully saturated rings. The summed E-state index contributed by atoms with van der Waals surface area (Å²) in [6, 6.07) is 11.2. The van der Waals surface area contributed by atoms with Gasteiger partial charge in [-0.15, -0.1) is 0 Å². The summed E-state index contributed by atoms with van der Waals surface area (Å²) in [6.07, 6.45) is 1.70. The van der Waals surface area contributed by atoms with Gasteiger partial charge in [-0.1, -0.05) is 30.3 Å². The van der Waals surface area contributed by atoms with Gasteiger partial charge in [-0.2, -0.15) is 0 Å². The highest BCUT2D eigenvalue weighted by Crippen LogP contribution is 2.43.